The van der Waals surface area contributed by atoms with E-state index in [0.717, 1.165) is 22.7 Å². The normalized spacial score (nSPS) is 12.7. The van der Waals surface area contributed by atoms with Gasteiger partial charge in [0.2, 0.25) is 0 Å². The predicted octanol–water partition coefficient (Wildman–Crippen LogP) is 15.6. The Kier molecular flexibility index (Phi) is 8.20. The highest BCUT2D eigenvalue weighted by atomic mass is 15.2. The fourth-order valence-corrected chi connectivity index (χ4v) is 9.79. The van der Waals surface area contributed by atoms with Gasteiger partial charge < -0.3 is 9.47 Å². The molecule has 2 nitrogen and oxygen atoms in total. The summed E-state index contributed by atoms with van der Waals surface area (Å²) in [7, 11) is 0. The lowest BCUT2D eigenvalue weighted by molar-refractivity contribution is 0.660. The van der Waals surface area contributed by atoms with Gasteiger partial charge in [-0.15, -0.1) is 0 Å². The van der Waals surface area contributed by atoms with Gasteiger partial charge in [0.1, 0.15) is 0 Å². The largest absolute Gasteiger partial charge is 0.309 e. The van der Waals surface area contributed by atoms with Crippen LogP contribution >= 0.6 is 0 Å². The lowest BCUT2D eigenvalue weighted by atomic mass is 9.82. The number of nitrogens with zero attached hydrogens (tertiary/aromatic N) is 2. The number of anilines is 3. The summed E-state index contributed by atoms with van der Waals surface area (Å²) < 4.78 is 2.42. The Morgan fingerprint density at radius 1 is 0.356 bits per heavy atom. The monoisotopic (exact) mass is 754 g/mol. The summed E-state index contributed by atoms with van der Waals surface area (Å²) in [4.78, 5) is 2.59. The van der Waals surface area contributed by atoms with Crippen molar-refractivity contribution in [1.82, 2.24) is 4.57 Å². The molecule has 1 aliphatic carbocycles. The highest BCUT2D eigenvalue weighted by molar-refractivity contribution is 6.18. The molecule has 1 heterocycles. The average molecular weight is 755 g/mol. The highest BCUT2D eigenvalue weighted by Gasteiger charge is 2.38. The predicted molar refractivity (Wildman–Crippen MR) is 249 cm³/mol. The molecule has 0 aliphatic heterocycles. The maximum atomic E-state index is 2.59. The van der Waals surface area contributed by atoms with Crippen molar-refractivity contribution < 1.29 is 0 Å². The van der Waals surface area contributed by atoms with E-state index in [1.165, 1.54) is 77.4 Å². The molecule has 59 heavy (non-hydrogen) atoms. The van der Waals surface area contributed by atoms with Gasteiger partial charge in [-0.2, -0.15) is 0 Å². The first-order valence-electron chi connectivity index (χ1n) is 20.5. The Morgan fingerprint density at radius 3 is 1.59 bits per heavy atom. The quantitative estimate of drug-likeness (QED) is 0.157. The van der Waals surface area contributed by atoms with Gasteiger partial charge >= 0.3 is 0 Å². The van der Waals surface area contributed by atoms with Crippen LogP contribution in [0.25, 0.3) is 72.0 Å². The van der Waals surface area contributed by atoms with Crippen molar-refractivity contribution in [3.63, 3.8) is 0 Å². The van der Waals surface area contributed by atoms with E-state index in [4.69, 9.17) is 0 Å². The van der Waals surface area contributed by atoms with Gasteiger partial charge in [-0.3, -0.25) is 0 Å². The van der Waals surface area contributed by atoms with E-state index in [2.05, 4.69) is 242 Å². The van der Waals surface area contributed by atoms with Gasteiger partial charge in [-0.1, -0.05) is 190 Å². The molecule has 10 aromatic rings. The van der Waals surface area contributed by atoms with Gasteiger partial charge in [0.05, 0.1) is 28.1 Å². The van der Waals surface area contributed by atoms with Crippen LogP contribution in [0.1, 0.15) is 25.0 Å². The van der Waals surface area contributed by atoms with Crippen LogP contribution in [-0.4, -0.2) is 4.57 Å². The SMILES string of the molecule is CC1(C)c2ccccc2-c2c(N(c3cccc(-c4ccccc4)c3-c3ccccc3-c3ccccc3)c3cccc4c3c3ccccc3n4-c3ccccc3)cccc21. The van der Waals surface area contributed by atoms with Crippen LogP contribution in [0.3, 0.4) is 0 Å². The van der Waals surface area contributed by atoms with Crippen LogP contribution in [0, 0.1) is 0 Å². The zero-order valence-electron chi connectivity index (χ0n) is 33.2. The van der Waals surface area contributed by atoms with E-state index >= 15 is 0 Å². The van der Waals surface area contributed by atoms with Crippen LogP contribution < -0.4 is 4.90 Å². The number of hydrogen-bond acceptors (Lipinski definition) is 1. The summed E-state index contributed by atoms with van der Waals surface area (Å²) >= 11 is 0. The minimum Gasteiger partial charge on any atom is -0.309 e. The smallest absolute Gasteiger partial charge is 0.0562 e. The molecule has 1 aromatic heterocycles. The Balaban J connectivity index is 1.31. The molecule has 9 aromatic carbocycles. The maximum Gasteiger partial charge on any atom is 0.0562 e. The molecule has 0 N–H and O–H groups in total. The molecule has 0 saturated heterocycles. The zero-order valence-corrected chi connectivity index (χ0v) is 33.2. The van der Waals surface area contributed by atoms with Crippen molar-refractivity contribution in [2.75, 3.05) is 4.90 Å². The van der Waals surface area contributed by atoms with E-state index in [-0.39, 0.29) is 5.41 Å². The Hall–Kier alpha value is -7.42. The van der Waals surface area contributed by atoms with E-state index in [1.807, 2.05) is 0 Å². The lowest BCUT2D eigenvalue weighted by Gasteiger charge is -2.32. The standard InChI is InChI=1S/C57H42N2/c1-57(2)47-32-16-14-29-45(47)55-48(57)33-19-36-51(55)59(53-38-20-37-52-56(53)46-30-15-17-34-49(46)58(52)41-25-10-5-11-26-41)50-35-18-31-43(40-23-8-4-9-24-40)54(50)44-28-13-12-27-42(44)39-21-6-3-7-22-39/h3-38H,1-2H3. The van der Waals surface area contributed by atoms with Crippen molar-refractivity contribution >= 4 is 38.9 Å². The summed E-state index contributed by atoms with van der Waals surface area (Å²) in [6, 6.07) is 80.0. The number of fused-ring (bicyclic) bond motifs is 6. The first-order valence-corrected chi connectivity index (χ1v) is 20.5. The molecule has 280 valence electrons. The Bertz CT molecular complexity index is 3170. The lowest BCUT2D eigenvalue weighted by Crippen LogP contribution is -2.16. The second-order valence-corrected chi connectivity index (χ2v) is 16.0. The Labute approximate surface area is 345 Å². The molecule has 0 bridgehead atoms. The third-order valence-electron chi connectivity index (χ3n) is 12.4. The zero-order chi connectivity index (χ0) is 39.5. The number of hydrogen-bond donors (Lipinski definition) is 0. The fourth-order valence-electron chi connectivity index (χ4n) is 9.79. The van der Waals surface area contributed by atoms with Gasteiger partial charge in [0.25, 0.3) is 0 Å². The van der Waals surface area contributed by atoms with Crippen LogP contribution in [-0.2, 0) is 5.41 Å². The average Bonchev–Trinajstić information content (AvgIpc) is 3.76. The van der Waals surface area contributed by atoms with Crippen LogP contribution in [0.5, 0.6) is 0 Å². The van der Waals surface area contributed by atoms with E-state index in [9.17, 15) is 0 Å². The van der Waals surface area contributed by atoms with Gasteiger partial charge in [-0.25, -0.2) is 0 Å². The van der Waals surface area contributed by atoms with E-state index in [0.29, 0.717) is 0 Å². The molecule has 2 heteroatoms. The van der Waals surface area contributed by atoms with Gasteiger partial charge in [-0.05, 0) is 87.0 Å². The summed E-state index contributed by atoms with van der Waals surface area (Å²) in [5.41, 5.74) is 19.1. The molecule has 0 radical (unpaired) electrons. The summed E-state index contributed by atoms with van der Waals surface area (Å²) in [6.45, 7) is 4.75. The third-order valence-corrected chi connectivity index (χ3v) is 12.4. The molecular formula is C57H42N2. The van der Waals surface area contributed by atoms with Crippen LogP contribution in [0.15, 0.2) is 218 Å². The second kappa shape index (κ2) is 13.9. The molecule has 0 fully saturated rings. The number of benzene rings is 9. The van der Waals surface area contributed by atoms with Gasteiger partial charge in [0.15, 0.2) is 0 Å². The minimum atomic E-state index is -0.169. The van der Waals surface area contributed by atoms with Crippen molar-refractivity contribution in [2.45, 2.75) is 19.3 Å². The van der Waals surface area contributed by atoms with Crippen molar-refractivity contribution in [1.29, 1.82) is 0 Å². The second-order valence-electron chi connectivity index (χ2n) is 16.0. The van der Waals surface area contributed by atoms with Crippen LogP contribution in [0.4, 0.5) is 17.1 Å². The molecule has 0 unspecified atom stereocenters. The third kappa shape index (κ3) is 5.48. The molecule has 0 spiro atoms. The number of para-hydroxylation sites is 2. The number of rotatable bonds is 7. The Morgan fingerprint density at radius 2 is 0.847 bits per heavy atom. The molecule has 0 saturated carbocycles. The van der Waals surface area contributed by atoms with Crippen molar-refractivity contribution in [2.24, 2.45) is 0 Å². The number of aromatic nitrogens is 1. The first kappa shape index (κ1) is 34.8. The summed E-state index contributed by atoms with van der Waals surface area (Å²) in [5, 5.41) is 2.42. The maximum absolute atomic E-state index is 2.59. The molecule has 1 aliphatic rings. The van der Waals surface area contributed by atoms with Gasteiger partial charge in [0, 0.05) is 33.0 Å². The molecule has 11 rings (SSSR count). The van der Waals surface area contributed by atoms with Crippen molar-refractivity contribution in [3.05, 3.63) is 230 Å². The topological polar surface area (TPSA) is 8.17 Å². The molecule has 0 atom stereocenters. The van der Waals surface area contributed by atoms with E-state index in [1.54, 1.807) is 0 Å². The summed E-state index contributed by atoms with van der Waals surface area (Å²) in [5.74, 6) is 0. The van der Waals surface area contributed by atoms with E-state index < -0.39 is 0 Å². The fraction of sp³-hybridized carbons (Fsp3) is 0.0526. The highest BCUT2D eigenvalue weighted by Crippen LogP contribution is 2.57. The summed E-state index contributed by atoms with van der Waals surface area (Å²) in [6.07, 6.45) is 0. The molecular weight excluding hydrogens is 713 g/mol. The minimum absolute atomic E-state index is 0.169. The van der Waals surface area contributed by atoms with Crippen LogP contribution in [0.2, 0.25) is 0 Å². The van der Waals surface area contributed by atoms with Crippen molar-refractivity contribution in [3.8, 4) is 50.2 Å². The first-order chi connectivity index (χ1) is 29.1. The molecule has 0 amide bonds.